The fraction of sp³-hybridized carbons (Fsp3) is 0.333. The molecule has 0 atom stereocenters. The van der Waals surface area contributed by atoms with Crippen LogP contribution in [0.4, 0.5) is 0 Å². The molecule has 1 amide bonds. The first-order valence-electron chi connectivity index (χ1n) is 9.07. The fourth-order valence-electron chi connectivity index (χ4n) is 2.60. The Morgan fingerprint density at radius 3 is 2.64 bits per heavy atom. The highest BCUT2D eigenvalue weighted by molar-refractivity contribution is 5.97. The summed E-state index contributed by atoms with van der Waals surface area (Å²) in [4.78, 5) is 23.3. The minimum absolute atomic E-state index is 0.259. The van der Waals surface area contributed by atoms with E-state index in [4.69, 9.17) is 19.3 Å². The molecule has 1 aliphatic rings. The summed E-state index contributed by atoms with van der Waals surface area (Å²) in [5, 5.41) is 11.5. The molecule has 1 aliphatic carbocycles. The van der Waals surface area contributed by atoms with Crippen LogP contribution in [0.1, 0.15) is 28.8 Å². The maximum absolute atomic E-state index is 12.7. The summed E-state index contributed by atoms with van der Waals surface area (Å²) in [6.07, 6.45) is 2.32. The molecule has 0 bridgehead atoms. The molecule has 0 radical (unpaired) electrons. The molecule has 28 heavy (non-hydrogen) atoms. The van der Waals surface area contributed by atoms with Gasteiger partial charge in [-0.2, -0.15) is 0 Å². The van der Waals surface area contributed by atoms with Crippen molar-refractivity contribution in [3.63, 3.8) is 0 Å². The lowest BCUT2D eigenvalue weighted by atomic mass is 10.1. The zero-order valence-electron chi connectivity index (χ0n) is 15.6. The number of amides is 1. The van der Waals surface area contributed by atoms with Gasteiger partial charge in [0.25, 0.3) is 5.91 Å². The third kappa shape index (κ3) is 5.64. The van der Waals surface area contributed by atoms with Gasteiger partial charge in [0, 0.05) is 12.6 Å². The second-order valence-electron chi connectivity index (χ2n) is 6.63. The number of hydrogen-bond donors (Lipinski definition) is 2. The number of aliphatic carboxylic acids is 1. The summed E-state index contributed by atoms with van der Waals surface area (Å²) in [5.41, 5.74) is 1.24. The Morgan fingerprint density at radius 1 is 1.11 bits per heavy atom. The molecule has 2 aromatic carbocycles. The smallest absolute Gasteiger partial charge is 0.341 e. The summed E-state index contributed by atoms with van der Waals surface area (Å²) in [6.45, 7) is 0.455. The molecule has 7 heteroatoms. The number of benzene rings is 2. The van der Waals surface area contributed by atoms with Gasteiger partial charge in [0.05, 0.1) is 19.3 Å². The van der Waals surface area contributed by atoms with Crippen molar-refractivity contribution in [3.05, 3.63) is 53.6 Å². The summed E-state index contributed by atoms with van der Waals surface area (Å²) in [5.74, 6) is 0.831. The van der Waals surface area contributed by atoms with Gasteiger partial charge < -0.3 is 24.6 Å². The lowest BCUT2D eigenvalue weighted by Gasteiger charge is -2.13. The third-order valence-electron chi connectivity index (χ3n) is 4.32. The van der Waals surface area contributed by atoms with Gasteiger partial charge in [0.1, 0.15) is 17.2 Å². The van der Waals surface area contributed by atoms with Crippen LogP contribution in [0.5, 0.6) is 17.2 Å². The van der Waals surface area contributed by atoms with E-state index in [2.05, 4.69) is 5.32 Å². The highest BCUT2D eigenvalue weighted by Crippen LogP contribution is 2.31. The minimum atomic E-state index is -1.04. The van der Waals surface area contributed by atoms with Crippen LogP contribution in [0, 0.1) is 5.92 Å². The molecule has 2 N–H and O–H groups in total. The van der Waals surface area contributed by atoms with Crippen LogP contribution < -0.4 is 19.5 Å². The quantitative estimate of drug-likeness (QED) is 0.653. The van der Waals surface area contributed by atoms with E-state index in [9.17, 15) is 9.59 Å². The Balaban J connectivity index is 1.64. The number of carboxylic acids is 1. The molecule has 0 aliphatic heterocycles. The first kappa shape index (κ1) is 19.5. The summed E-state index contributed by atoms with van der Waals surface area (Å²) in [6, 6.07) is 12.1. The van der Waals surface area contributed by atoms with E-state index < -0.39 is 12.6 Å². The monoisotopic (exact) mass is 385 g/mol. The molecule has 2 aromatic rings. The maximum Gasteiger partial charge on any atom is 0.341 e. The van der Waals surface area contributed by atoms with Gasteiger partial charge in [-0.3, -0.25) is 4.79 Å². The Bertz CT molecular complexity index is 847. The second-order valence-corrected chi connectivity index (χ2v) is 6.63. The first-order valence-corrected chi connectivity index (χ1v) is 9.07. The van der Waals surface area contributed by atoms with Gasteiger partial charge in [-0.05, 0) is 48.6 Å². The van der Waals surface area contributed by atoms with E-state index >= 15 is 0 Å². The predicted octanol–water partition coefficient (Wildman–Crippen LogP) is 2.88. The molecule has 0 heterocycles. The molecule has 7 nitrogen and oxygen atoms in total. The summed E-state index contributed by atoms with van der Waals surface area (Å²) in [7, 11) is 1.57. The molecule has 3 rings (SSSR count). The van der Waals surface area contributed by atoms with E-state index in [1.54, 1.807) is 43.5 Å². The van der Waals surface area contributed by atoms with Gasteiger partial charge in [-0.15, -0.1) is 0 Å². The van der Waals surface area contributed by atoms with Crippen LogP contribution in [0.3, 0.4) is 0 Å². The second kappa shape index (κ2) is 9.12. The lowest BCUT2D eigenvalue weighted by Crippen LogP contribution is -2.23. The number of ether oxygens (including phenoxy) is 3. The van der Waals surface area contributed by atoms with Gasteiger partial charge in [0.15, 0.2) is 6.61 Å². The highest BCUT2D eigenvalue weighted by Gasteiger charge is 2.23. The van der Waals surface area contributed by atoms with Crippen LogP contribution in [0.25, 0.3) is 0 Å². The van der Waals surface area contributed by atoms with Crippen molar-refractivity contribution >= 4 is 11.9 Å². The molecule has 0 aromatic heterocycles. The Hall–Kier alpha value is -3.22. The number of rotatable bonds is 10. The molecule has 1 fully saturated rings. The van der Waals surface area contributed by atoms with E-state index in [1.807, 2.05) is 6.07 Å². The van der Waals surface area contributed by atoms with Crippen LogP contribution in [0.2, 0.25) is 0 Å². The van der Waals surface area contributed by atoms with E-state index in [1.165, 1.54) is 0 Å². The fourth-order valence-corrected chi connectivity index (χ4v) is 2.60. The van der Waals surface area contributed by atoms with Gasteiger partial charge in [-0.25, -0.2) is 4.79 Å². The molecule has 148 valence electrons. The number of methoxy groups -OCH3 is 1. The van der Waals surface area contributed by atoms with Crippen LogP contribution in [0.15, 0.2) is 42.5 Å². The van der Waals surface area contributed by atoms with E-state index in [-0.39, 0.29) is 12.5 Å². The van der Waals surface area contributed by atoms with Crippen molar-refractivity contribution in [2.45, 2.75) is 19.4 Å². The largest absolute Gasteiger partial charge is 0.497 e. The topological polar surface area (TPSA) is 94.1 Å². The molecule has 1 saturated carbocycles. The van der Waals surface area contributed by atoms with Crippen molar-refractivity contribution in [1.29, 1.82) is 0 Å². The zero-order valence-corrected chi connectivity index (χ0v) is 15.6. The Labute approximate surface area is 163 Å². The van der Waals surface area contributed by atoms with Gasteiger partial charge in [-0.1, -0.05) is 12.1 Å². The number of carbonyl (C=O) groups excluding carboxylic acids is 1. The molecule has 0 unspecified atom stereocenters. The number of nitrogens with one attached hydrogen (secondary N) is 1. The van der Waals surface area contributed by atoms with Crippen LogP contribution in [-0.2, 0) is 11.3 Å². The first-order chi connectivity index (χ1) is 13.5. The van der Waals surface area contributed by atoms with Crippen molar-refractivity contribution in [1.82, 2.24) is 5.32 Å². The average molecular weight is 385 g/mol. The van der Waals surface area contributed by atoms with Crippen molar-refractivity contribution in [3.8, 4) is 17.2 Å². The predicted molar refractivity (Wildman–Crippen MR) is 102 cm³/mol. The molecule has 0 spiro atoms. The summed E-state index contributed by atoms with van der Waals surface area (Å²) >= 11 is 0. The summed E-state index contributed by atoms with van der Waals surface area (Å²) < 4.78 is 16.2. The number of hydrogen-bond acceptors (Lipinski definition) is 5. The minimum Gasteiger partial charge on any atom is -0.497 e. The zero-order chi connectivity index (χ0) is 19.9. The van der Waals surface area contributed by atoms with E-state index in [0.717, 1.165) is 18.4 Å². The molecular formula is C21H23NO6. The SMILES string of the molecule is COc1ccc(C(=O)NCc2cccc(OCC(=O)O)c2)c(OCC2CC2)c1. The van der Waals surface area contributed by atoms with Crippen molar-refractivity contribution < 1.29 is 28.9 Å². The molecule has 0 saturated heterocycles. The number of carbonyl (C=O) groups is 2. The molecular weight excluding hydrogens is 362 g/mol. The average Bonchev–Trinajstić information content (AvgIpc) is 3.53. The standard InChI is InChI=1S/C21H23NO6/c1-26-16-7-8-18(19(10-16)28-12-14-5-6-14)21(25)22-11-15-3-2-4-17(9-15)27-13-20(23)24/h2-4,7-10,14H,5-6,11-13H2,1H3,(H,22,25)(H,23,24). The normalized spacial score (nSPS) is 12.9. The Kier molecular flexibility index (Phi) is 6.37. The highest BCUT2D eigenvalue weighted by atomic mass is 16.5. The lowest BCUT2D eigenvalue weighted by molar-refractivity contribution is -0.139. The van der Waals surface area contributed by atoms with Crippen LogP contribution >= 0.6 is 0 Å². The van der Waals surface area contributed by atoms with Gasteiger partial charge in [0.2, 0.25) is 0 Å². The van der Waals surface area contributed by atoms with E-state index in [0.29, 0.717) is 35.3 Å². The van der Waals surface area contributed by atoms with Gasteiger partial charge >= 0.3 is 5.97 Å². The Morgan fingerprint density at radius 2 is 1.93 bits per heavy atom. The third-order valence-corrected chi connectivity index (χ3v) is 4.32. The number of carboxylic acid groups (broad SMARTS) is 1. The van der Waals surface area contributed by atoms with Crippen LogP contribution in [-0.4, -0.2) is 37.3 Å². The van der Waals surface area contributed by atoms with Crippen molar-refractivity contribution in [2.24, 2.45) is 5.92 Å². The maximum atomic E-state index is 12.7. The van der Waals surface area contributed by atoms with Crippen molar-refractivity contribution in [2.75, 3.05) is 20.3 Å².